The molecule has 0 aliphatic carbocycles. The number of likely N-dealkylation sites (N-methyl/N-ethyl adjacent to an activating group) is 1. The third kappa shape index (κ3) is 3.48. The van der Waals surface area contributed by atoms with Gasteiger partial charge < -0.3 is 14.7 Å². The van der Waals surface area contributed by atoms with Gasteiger partial charge in [0.15, 0.2) is 0 Å². The quantitative estimate of drug-likeness (QED) is 0.683. The SMILES string of the molecule is COC(=O)CN(C)c1ncc(-c2cccc(C(=O)O)c2)c2cccc(C#N)c12. The number of fused-ring (bicyclic) bond motifs is 1. The lowest BCUT2D eigenvalue weighted by Gasteiger charge is -2.20. The van der Waals surface area contributed by atoms with Crippen molar-refractivity contribution in [3.63, 3.8) is 0 Å². The lowest BCUT2D eigenvalue weighted by molar-refractivity contribution is -0.138. The topological polar surface area (TPSA) is 104 Å². The van der Waals surface area contributed by atoms with E-state index in [-0.39, 0.29) is 12.1 Å². The molecule has 0 spiro atoms. The molecule has 3 aromatic rings. The van der Waals surface area contributed by atoms with Crippen LogP contribution in [0.3, 0.4) is 0 Å². The number of hydrogen-bond acceptors (Lipinski definition) is 6. The third-order valence-electron chi connectivity index (χ3n) is 4.39. The van der Waals surface area contributed by atoms with E-state index in [4.69, 9.17) is 4.74 Å². The van der Waals surface area contributed by atoms with Gasteiger partial charge in [0, 0.05) is 24.2 Å². The van der Waals surface area contributed by atoms with Crippen LogP contribution >= 0.6 is 0 Å². The molecule has 1 heterocycles. The Kier molecular flexibility index (Phi) is 5.23. The zero-order chi connectivity index (χ0) is 20.3. The number of nitrogens with zero attached hydrogens (tertiary/aromatic N) is 3. The molecule has 7 nitrogen and oxygen atoms in total. The average Bonchev–Trinajstić information content (AvgIpc) is 2.72. The summed E-state index contributed by atoms with van der Waals surface area (Å²) in [6.45, 7) is -0.0216. The maximum absolute atomic E-state index is 11.7. The molecule has 1 N–H and O–H groups in total. The van der Waals surface area contributed by atoms with Crippen molar-refractivity contribution in [2.45, 2.75) is 0 Å². The monoisotopic (exact) mass is 375 g/mol. The summed E-state index contributed by atoms with van der Waals surface area (Å²) < 4.78 is 4.71. The van der Waals surface area contributed by atoms with Crippen molar-refractivity contribution in [2.24, 2.45) is 0 Å². The van der Waals surface area contributed by atoms with Gasteiger partial charge in [0.2, 0.25) is 0 Å². The van der Waals surface area contributed by atoms with Gasteiger partial charge in [-0.05, 0) is 29.1 Å². The van der Waals surface area contributed by atoms with Crippen molar-refractivity contribution in [1.29, 1.82) is 5.26 Å². The molecule has 0 radical (unpaired) electrons. The Morgan fingerprint density at radius 2 is 2.00 bits per heavy atom. The predicted molar refractivity (Wildman–Crippen MR) is 104 cm³/mol. The molecule has 7 heteroatoms. The molecular weight excluding hydrogens is 358 g/mol. The van der Waals surface area contributed by atoms with E-state index >= 15 is 0 Å². The lowest BCUT2D eigenvalue weighted by Crippen LogP contribution is -2.27. The van der Waals surface area contributed by atoms with Gasteiger partial charge in [-0.1, -0.05) is 24.3 Å². The number of aromatic nitrogens is 1. The van der Waals surface area contributed by atoms with Gasteiger partial charge in [-0.3, -0.25) is 4.79 Å². The maximum Gasteiger partial charge on any atom is 0.335 e. The molecule has 0 bridgehead atoms. The number of anilines is 1. The highest BCUT2D eigenvalue weighted by Gasteiger charge is 2.18. The number of pyridine rings is 1. The molecule has 0 aliphatic heterocycles. The van der Waals surface area contributed by atoms with Crippen LogP contribution in [-0.2, 0) is 9.53 Å². The Bertz CT molecular complexity index is 1120. The van der Waals surface area contributed by atoms with Gasteiger partial charge in [0.25, 0.3) is 0 Å². The molecule has 28 heavy (non-hydrogen) atoms. The highest BCUT2D eigenvalue weighted by Crippen LogP contribution is 2.35. The first-order chi connectivity index (χ1) is 13.5. The Morgan fingerprint density at radius 3 is 2.68 bits per heavy atom. The number of nitriles is 1. The number of carboxylic acid groups (broad SMARTS) is 1. The largest absolute Gasteiger partial charge is 0.478 e. The predicted octanol–water partition coefficient (Wildman–Crippen LogP) is 3.08. The van der Waals surface area contributed by atoms with Gasteiger partial charge in [-0.25, -0.2) is 9.78 Å². The molecule has 0 atom stereocenters. The van der Waals surface area contributed by atoms with Crippen molar-refractivity contribution < 1.29 is 19.4 Å². The molecule has 1 aromatic heterocycles. The summed E-state index contributed by atoms with van der Waals surface area (Å²) in [7, 11) is 3.00. The van der Waals surface area contributed by atoms with Crippen LogP contribution < -0.4 is 4.90 Å². The van der Waals surface area contributed by atoms with Gasteiger partial charge >= 0.3 is 11.9 Å². The van der Waals surface area contributed by atoms with E-state index < -0.39 is 11.9 Å². The first-order valence-corrected chi connectivity index (χ1v) is 8.39. The summed E-state index contributed by atoms with van der Waals surface area (Å²) in [6.07, 6.45) is 1.62. The summed E-state index contributed by atoms with van der Waals surface area (Å²) in [5.74, 6) is -0.980. The van der Waals surface area contributed by atoms with Crippen LogP contribution in [0, 0.1) is 11.3 Å². The number of rotatable bonds is 5. The summed E-state index contributed by atoms with van der Waals surface area (Å²) in [5, 5.41) is 20.2. The van der Waals surface area contributed by atoms with E-state index in [0.29, 0.717) is 27.9 Å². The average molecular weight is 375 g/mol. The fraction of sp³-hybridized carbons (Fsp3) is 0.143. The maximum atomic E-state index is 11.7. The molecule has 3 rings (SSSR count). The number of hydrogen-bond donors (Lipinski definition) is 1. The van der Waals surface area contributed by atoms with E-state index in [9.17, 15) is 20.0 Å². The first-order valence-electron chi connectivity index (χ1n) is 8.39. The lowest BCUT2D eigenvalue weighted by atomic mass is 9.96. The van der Waals surface area contributed by atoms with Crippen LogP contribution in [0.25, 0.3) is 21.9 Å². The molecule has 2 aromatic carbocycles. The molecular formula is C21H17N3O4. The third-order valence-corrected chi connectivity index (χ3v) is 4.39. The van der Waals surface area contributed by atoms with E-state index in [1.54, 1.807) is 48.5 Å². The summed E-state index contributed by atoms with van der Waals surface area (Å²) in [5.41, 5.74) is 1.95. The van der Waals surface area contributed by atoms with Crippen molar-refractivity contribution in [2.75, 3.05) is 25.6 Å². The first kappa shape index (κ1) is 18.9. The number of methoxy groups -OCH3 is 1. The Morgan fingerprint density at radius 1 is 1.25 bits per heavy atom. The smallest absolute Gasteiger partial charge is 0.335 e. The minimum atomic E-state index is -1.02. The van der Waals surface area contributed by atoms with Crippen LogP contribution in [0.1, 0.15) is 15.9 Å². The second kappa shape index (κ2) is 7.76. The minimum absolute atomic E-state index is 0.0216. The Balaban J connectivity index is 2.24. The number of carbonyl (C=O) groups excluding carboxylic acids is 1. The number of carboxylic acids is 1. The molecule has 0 unspecified atom stereocenters. The zero-order valence-electron chi connectivity index (χ0n) is 15.3. The highest BCUT2D eigenvalue weighted by molar-refractivity contribution is 6.05. The number of ether oxygens (including phenoxy) is 1. The van der Waals surface area contributed by atoms with E-state index in [0.717, 1.165) is 5.39 Å². The number of carbonyl (C=O) groups is 2. The van der Waals surface area contributed by atoms with Crippen molar-refractivity contribution in [3.05, 3.63) is 59.8 Å². The van der Waals surface area contributed by atoms with Crippen LogP contribution in [0.4, 0.5) is 5.82 Å². The molecule has 0 aliphatic rings. The van der Waals surface area contributed by atoms with Gasteiger partial charge in [0.1, 0.15) is 12.4 Å². The van der Waals surface area contributed by atoms with Crippen LogP contribution in [-0.4, -0.2) is 42.7 Å². The van der Waals surface area contributed by atoms with Crippen LogP contribution in [0.2, 0.25) is 0 Å². The second-order valence-electron chi connectivity index (χ2n) is 6.15. The standard InChI is InChI=1S/C21H17N3O4/c1-24(12-18(25)28-2)20-19-15(10-22)7-4-8-16(19)17(11-23-20)13-5-3-6-14(9-13)21(26)27/h3-9,11H,12H2,1-2H3,(H,26,27). The van der Waals surface area contributed by atoms with Crippen molar-refractivity contribution in [1.82, 2.24) is 4.98 Å². The molecule has 0 fully saturated rings. The van der Waals surface area contributed by atoms with Crippen LogP contribution in [0.5, 0.6) is 0 Å². The van der Waals surface area contributed by atoms with E-state index in [2.05, 4.69) is 11.1 Å². The normalized spacial score (nSPS) is 10.3. The van der Waals surface area contributed by atoms with Gasteiger partial charge in [-0.2, -0.15) is 5.26 Å². The van der Waals surface area contributed by atoms with E-state index in [1.165, 1.54) is 13.2 Å². The van der Waals surface area contributed by atoms with Crippen LogP contribution in [0.15, 0.2) is 48.7 Å². The molecule has 0 saturated heterocycles. The fourth-order valence-electron chi connectivity index (χ4n) is 3.04. The summed E-state index contributed by atoms with van der Waals surface area (Å²) in [4.78, 5) is 29.1. The Labute approximate surface area is 161 Å². The Hall–Kier alpha value is -3.92. The minimum Gasteiger partial charge on any atom is -0.478 e. The molecule has 140 valence electrons. The van der Waals surface area contributed by atoms with Crippen molar-refractivity contribution >= 4 is 28.5 Å². The van der Waals surface area contributed by atoms with E-state index in [1.807, 2.05) is 6.07 Å². The van der Waals surface area contributed by atoms with Crippen molar-refractivity contribution in [3.8, 4) is 17.2 Å². The summed E-state index contributed by atoms with van der Waals surface area (Å²) >= 11 is 0. The molecule has 0 amide bonds. The van der Waals surface area contributed by atoms with Gasteiger partial charge in [-0.15, -0.1) is 0 Å². The molecule has 0 saturated carbocycles. The van der Waals surface area contributed by atoms with Gasteiger partial charge in [0.05, 0.1) is 24.3 Å². The number of benzene rings is 2. The highest BCUT2D eigenvalue weighted by atomic mass is 16.5. The zero-order valence-corrected chi connectivity index (χ0v) is 15.3. The number of esters is 1. The number of aromatic carboxylic acids is 1. The second-order valence-corrected chi connectivity index (χ2v) is 6.15. The summed E-state index contributed by atoms with van der Waals surface area (Å²) in [6, 6.07) is 14.0. The fourth-order valence-corrected chi connectivity index (χ4v) is 3.04.